The third kappa shape index (κ3) is 10.2. The molecule has 3 N–H and O–H groups in total. The molecule has 0 saturated carbocycles. The number of H-pyrrole nitrogens is 1. The van der Waals surface area contributed by atoms with E-state index in [0.29, 0.717) is 30.9 Å². The van der Waals surface area contributed by atoms with Gasteiger partial charge in [0.15, 0.2) is 0 Å². The van der Waals surface area contributed by atoms with Gasteiger partial charge in [-0.25, -0.2) is 0 Å². The smallest absolute Gasteiger partial charge is 0.308 e. The predicted octanol–water partition coefficient (Wildman–Crippen LogP) is 6.29. The first-order chi connectivity index (χ1) is 17.7. The van der Waals surface area contributed by atoms with Crippen molar-refractivity contribution in [3.05, 3.63) is 64.0 Å². The Hall–Kier alpha value is -3.35. The van der Waals surface area contributed by atoms with E-state index in [1.54, 1.807) is 6.07 Å². The van der Waals surface area contributed by atoms with E-state index in [-0.39, 0.29) is 23.4 Å². The molecule has 2 aromatic rings. The van der Waals surface area contributed by atoms with Crippen molar-refractivity contribution in [2.75, 3.05) is 13.1 Å². The largest absolute Gasteiger partial charge is 0.460 e. The number of primary amides is 1. The van der Waals surface area contributed by atoms with Crippen LogP contribution < -0.4 is 5.73 Å². The molecule has 0 atom stereocenters. The van der Waals surface area contributed by atoms with Crippen molar-refractivity contribution < 1.29 is 19.1 Å². The molecule has 210 valence electrons. The van der Waals surface area contributed by atoms with E-state index in [1.165, 1.54) is 5.56 Å². The number of nitrogens with zero attached hydrogens (tertiary/aromatic N) is 1. The van der Waals surface area contributed by atoms with Gasteiger partial charge in [0.1, 0.15) is 17.0 Å². The normalized spacial score (nSPS) is 11.3. The van der Waals surface area contributed by atoms with Crippen LogP contribution in [0.3, 0.4) is 0 Å². The van der Waals surface area contributed by atoms with Crippen LogP contribution in [0.5, 0.6) is 0 Å². The lowest BCUT2D eigenvalue weighted by Crippen LogP contribution is -2.32. The summed E-state index contributed by atoms with van der Waals surface area (Å²) in [6.45, 7) is 18.8. The molecular formula is C31H47N3O4. The summed E-state index contributed by atoms with van der Waals surface area (Å²) in [7, 11) is 0. The van der Waals surface area contributed by atoms with E-state index in [0.717, 1.165) is 29.5 Å². The monoisotopic (exact) mass is 525 g/mol. The zero-order valence-electron chi connectivity index (χ0n) is 24.7. The summed E-state index contributed by atoms with van der Waals surface area (Å²) < 4.78 is 5.06. The summed E-state index contributed by atoms with van der Waals surface area (Å²) in [5, 5.41) is 0. The van der Waals surface area contributed by atoms with Gasteiger partial charge in [0, 0.05) is 19.5 Å². The summed E-state index contributed by atoms with van der Waals surface area (Å²) in [4.78, 5) is 40.7. The van der Waals surface area contributed by atoms with E-state index >= 15 is 0 Å². The van der Waals surface area contributed by atoms with Gasteiger partial charge in [-0.1, -0.05) is 58.0 Å². The van der Waals surface area contributed by atoms with Gasteiger partial charge in [-0.3, -0.25) is 14.4 Å². The molecule has 0 radical (unpaired) electrons. The lowest BCUT2D eigenvalue weighted by Gasteiger charge is -2.20. The second-order valence-corrected chi connectivity index (χ2v) is 10.8. The molecule has 0 fully saturated rings. The van der Waals surface area contributed by atoms with E-state index in [2.05, 4.69) is 24.1 Å². The molecule has 1 aromatic heterocycles. The zero-order chi connectivity index (χ0) is 29.0. The summed E-state index contributed by atoms with van der Waals surface area (Å²) in [6.07, 6.45) is 6.37. The molecule has 0 saturated heterocycles. The number of ether oxygens (including phenoxy) is 1. The number of amides is 2. The number of nitrogens with one attached hydrogen (secondary N) is 1. The fourth-order valence-electron chi connectivity index (χ4n) is 3.92. The van der Waals surface area contributed by atoms with Crippen LogP contribution >= 0.6 is 0 Å². The summed E-state index contributed by atoms with van der Waals surface area (Å²) in [6, 6.07) is 7.89. The molecule has 0 spiro atoms. The number of aromatic nitrogens is 1. The Balaban J connectivity index is 0.000000612. The molecule has 1 heterocycles. The van der Waals surface area contributed by atoms with Crippen molar-refractivity contribution in [2.24, 2.45) is 11.7 Å². The van der Waals surface area contributed by atoms with Crippen molar-refractivity contribution in [3.63, 3.8) is 0 Å². The Kier molecular flexibility index (Phi) is 13.0. The van der Waals surface area contributed by atoms with Gasteiger partial charge >= 0.3 is 5.97 Å². The molecule has 1 aromatic carbocycles. The fourth-order valence-corrected chi connectivity index (χ4v) is 3.92. The number of esters is 1. The van der Waals surface area contributed by atoms with Crippen LogP contribution in [0.2, 0.25) is 0 Å². The Morgan fingerprint density at radius 1 is 1.08 bits per heavy atom. The maximum Gasteiger partial charge on any atom is 0.308 e. The van der Waals surface area contributed by atoms with Gasteiger partial charge in [-0.2, -0.15) is 0 Å². The van der Waals surface area contributed by atoms with E-state index in [4.69, 9.17) is 10.5 Å². The summed E-state index contributed by atoms with van der Waals surface area (Å²) in [5.74, 6) is -0.797. The number of aromatic amines is 1. The van der Waals surface area contributed by atoms with Gasteiger partial charge in [-0.05, 0) is 75.8 Å². The van der Waals surface area contributed by atoms with Crippen molar-refractivity contribution in [2.45, 2.75) is 87.2 Å². The first-order valence-corrected chi connectivity index (χ1v) is 13.5. The van der Waals surface area contributed by atoms with Crippen molar-refractivity contribution in [1.29, 1.82) is 0 Å². The Bertz CT molecular complexity index is 1100. The molecule has 0 aliphatic rings. The standard InChI is InChI=1S/C23H31N3O2.C8H16O2/c1-5-9-19-16(4)10-8-11-17(19)14-18-15-20(25-21(18)22(24)27)23(28)26(12-6-2)13-7-3;1-6(2)7(9)10-8(3,4)5/h5,8-11,15,25H,6-7,12-14H2,1-4H3,(H2,24,27);6H,1-5H3/b9-5-;. The van der Waals surface area contributed by atoms with Crippen LogP contribution in [0.25, 0.3) is 6.08 Å². The van der Waals surface area contributed by atoms with Crippen LogP contribution in [-0.2, 0) is 16.0 Å². The minimum absolute atomic E-state index is 0.0285. The van der Waals surface area contributed by atoms with Crippen LogP contribution in [-0.4, -0.2) is 46.4 Å². The average molecular weight is 526 g/mol. The Labute approximate surface area is 228 Å². The van der Waals surface area contributed by atoms with Crippen molar-refractivity contribution >= 4 is 23.9 Å². The van der Waals surface area contributed by atoms with Gasteiger partial charge in [0.05, 0.1) is 5.92 Å². The molecular weight excluding hydrogens is 478 g/mol. The second-order valence-electron chi connectivity index (χ2n) is 10.8. The third-order valence-corrected chi connectivity index (χ3v) is 5.66. The van der Waals surface area contributed by atoms with Gasteiger partial charge in [0.2, 0.25) is 0 Å². The highest BCUT2D eigenvalue weighted by molar-refractivity contribution is 5.98. The highest BCUT2D eigenvalue weighted by atomic mass is 16.6. The number of nitrogens with two attached hydrogens (primary N) is 1. The number of allylic oxidation sites excluding steroid dienone is 1. The fraction of sp³-hybridized carbons (Fsp3) is 0.516. The van der Waals surface area contributed by atoms with Crippen LogP contribution in [0.15, 0.2) is 30.3 Å². The van der Waals surface area contributed by atoms with Crippen LogP contribution in [0.4, 0.5) is 0 Å². The highest BCUT2D eigenvalue weighted by Crippen LogP contribution is 2.23. The van der Waals surface area contributed by atoms with Gasteiger partial charge in [-0.15, -0.1) is 0 Å². The lowest BCUT2D eigenvalue weighted by molar-refractivity contribution is -0.158. The predicted molar refractivity (Wildman–Crippen MR) is 155 cm³/mol. The quantitative estimate of drug-likeness (QED) is 0.355. The summed E-state index contributed by atoms with van der Waals surface area (Å²) in [5.41, 5.74) is 10.1. The minimum Gasteiger partial charge on any atom is -0.460 e. The van der Waals surface area contributed by atoms with E-state index < -0.39 is 5.91 Å². The zero-order valence-corrected chi connectivity index (χ0v) is 24.7. The molecule has 7 nitrogen and oxygen atoms in total. The first-order valence-electron chi connectivity index (χ1n) is 13.5. The molecule has 2 amide bonds. The summed E-state index contributed by atoms with van der Waals surface area (Å²) >= 11 is 0. The van der Waals surface area contributed by atoms with Crippen LogP contribution in [0, 0.1) is 12.8 Å². The first kappa shape index (κ1) is 32.7. The molecule has 0 aliphatic carbocycles. The number of carbonyl (C=O) groups excluding carboxylic acids is 3. The number of aryl methyl sites for hydroxylation is 1. The van der Waals surface area contributed by atoms with Gasteiger partial charge < -0.3 is 20.4 Å². The highest BCUT2D eigenvalue weighted by Gasteiger charge is 2.22. The maximum atomic E-state index is 12.9. The molecule has 7 heteroatoms. The Morgan fingerprint density at radius 2 is 1.68 bits per heavy atom. The topological polar surface area (TPSA) is 105 Å². The van der Waals surface area contributed by atoms with E-state index in [9.17, 15) is 14.4 Å². The van der Waals surface area contributed by atoms with Crippen LogP contribution in [0.1, 0.15) is 111 Å². The Morgan fingerprint density at radius 3 is 2.13 bits per heavy atom. The molecule has 0 aliphatic heterocycles. The number of benzene rings is 1. The van der Waals surface area contributed by atoms with E-state index in [1.807, 2.05) is 78.5 Å². The molecule has 0 bridgehead atoms. The third-order valence-electron chi connectivity index (χ3n) is 5.66. The van der Waals surface area contributed by atoms with Crippen molar-refractivity contribution in [3.8, 4) is 0 Å². The number of carbonyl (C=O) groups is 3. The number of hydrogen-bond donors (Lipinski definition) is 2. The minimum atomic E-state index is -0.549. The molecule has 0 unspecified atom stereocenters. The van der Waals surface area contributed by atoms with Crippen molar-refractivity contribution in [1.82, 2.24) is 9.88 Å². The molecule has 38 heavy (non-hydrogen) atoms. The SMILES string of the molecule is C/C=C\c1c(C)cccc1Cc1cc(C(=O)N(CCC)CCC)[nH]c1C(N)=O.CC(C)C(=O)OC(C)(C)C. The number of rotatable bonds is 10. The maximum absolute atomic E-state index is 12.9. The average Bonchev–Trinajstić information content (AvgIpc) is 3.24. The molecule has 2 rings (SSSR count). The second kappa shape index (κ2) is 15.2. The lowest BCUT2D eigenvalue weighted by atomic mass is 9.95. The van der Waals surface area contributed by atoms with Gasteiger partial charge in [0.25, 0.3) is 11.8 Å². The number of hydrogen-bond acceptors (Lipinski definition) is 4.